The third-order valence-electron chi connectivity index (χ3n) is 5.19. The number of para-hydroxylation sites is 1. The first-order chi connectivity index (χ1) is 16.1. The van der Waals surface area contributed by atoms with E-state index in [4.69, 9.17) is 0 Å². The highest BCUT2D eigenvalue weighted by Crippen LogP contribution is 2.39. The monoisotopic (exact) mass is 436 g/mol. The predicted molar refractivity (Wildman–Crippen MR) is 131 cm³/mol. The fraction of sp³-hybridized carbons (Fsp3) is 0.148. The number of anilines is 3. The van der Waals surface area contributed by atoms with Gasteiger partial charge in [0.2, 0.25) is 5.91 Å². The minimum Gasteiger partial charge on any atom is -0.508 e. The van der Waals surface area contributed by atoms with E-state index in [0.29, 0.717) is 18.8 Å². The van der Waals surface area contributed by atoms with Gasteiger partial charge in [0.15, 0.2) is 0 Å². The van der Waals surface area contributed by atoms with Gasteiger partial charge < -0.3 is 10.4 Å². The summed E-state index contributed by atoms with van der Waals surface area (Å²) in [6.07, 6.45) is 1.99. The number of hydrogen-bond acceptors (Lipinski definition) is 5. The first-order valence-corrected chi connectivity index (χ1v) is 10.7. The van der Waals surface area contributed by atoms with E-state index in [1.165, 1.54) is 0 Å². The Morgan fingerprint density at radius 1 is 1.06 bits per heavy atom. The smallest absolute Gasteiger partial charge is 0.220 e. The first kappa shape index (κ1) is 21.8. The summed E-state index contributed by atoms with van der Waals surface area (Å²) < 4.78 is 0. The van der Waals surface area contributed by atoms with Gasteiger partial charge in [0, 0.05) is 23.1 Å². The fourth-order valence-corrected chi connectivity index (χ4v) is 3.56. The van der Waals surface area contributed by atoms with Crippen LogP contribution in [0.15, 0.2) is 73.1 Å². The summed E-state index contributed by atoms with van der Waals surface area (Å²) >= 11 is 0. The number of benzene rings is 3. The Morgan fingerprint density at radius 3 is 2.64 bits per heavy atom. The van der Waals surface area contributed by atoms with Gasteiger partial charge in [-0.2, -0.15) is 0 Å². The molecule has 6 heteroatoms. The van der Waals surface area contributed by atoms with Gasteiger partial charge in [-0.1, -0.05) is 37.0 Å². The van der Waals surface area contributed by atoms with Crippen LogP contribution in [0.25, 0.3) is 10.9 Å². The molecule has 0 bridgehead atoms. The number of carbonyl (C=O) groups excluding carboxylic acids is 1. The second kappa shape index (κ2) is 9.84. The van der Waals surface area contributed by atoms with Crippen molar-refractivity contribution < 1.29 is 9.90 Å². The van der Waals surface area contributed by atoms with Crippen molar-refractivity contribution in [3.05, 3.63) is 84.2 Å². The molecule has 0 saturated heterocycles. The average Bonchev–Trinajstić information content (AvgIpc) is 2.84. The zero-order valence-electron chi connectivity index (χ0n) is 18.5. The van der Waals surface area contributed by atoms with E-state index in [1.807, 2.05) is 68.4 Å². The molecule has 0 unspecified atom stereocenters. The van der Waals surface area contributed by atoms with Crippen LogP contribution < -0.4 is 10.2 Å². The number of carbonyl (C=O) groups is 1. The minimum atomic E-state index is -0.0266. The molecule has 0 aliphatic heterocycles. The van der Waals surface area contributed by atoms with E-state index in [2.05, 4.69) is 32.0 Å². The molecular weight excluding hydrogens is 412 g/mol. The Bertz CT molecular complexity index is 1360. The number of rotatable bonds is 5. The summed E-state index contributed by atoms with van der Waals surface area (Å²) in [4.78, 5) is 22.6. The summed E-state index contributed by atoms with van der Waals surface area (Å²) in [5, 5.41) is 13.5. The van der Waals surface area contributed by atoms with Crippen molar-refractivity contribution in [1.82, 2.24) is 15.3 Å². The molecule has 1 aromatic heterocycles. The number of phenolic OH excluding ortho intramolecular Hbond substituents is 1. The largest absolute Gasteiger partial charge is 0.508 e. The molecule has 0 fully saturated rings. The van der Waals surface area contributed by atoms with Crippen LogP contribution in [0, 0.1) is 18.8 Å². The Hall–Kier alpha value is -4.37. The van der Waals surface area contributed by atoms with Crippen molar-refractivity contribution in [1.29, 1.82) is 0 Å². The van der Waals surface area contributed by atoms with Gasteiger partial charge in [0.1, 0.15) is 17.9 Å². The van der Waals surface area contributed by atoms with Crippen molar-refractivity contribution >= 4 is 34.0 Å². The van der Waals surface area contributed by atoms with Crippen LogP contribution in [0.3, 0.4) is 0 Å². The maximum Gasteiger partial charge on any atom is 0.220 e. The molecule has 3 aromatic carbocycles. The van der Waals surface area contributed by atoms with Gasteiger partial charge in [-0.05, 0) is 61.0 Å². The van der Waals surface area contributed by atoms with E-state index in [9.17, 15) is 9.90 Å². The van der Waals surface area contributed by atoms with Crippen LogP contribution in [0.4, 0.5) is 17.2 Å². The Balaban J connectivity index is 1.82. The summed E-state index contributed by atoms with van der Waals surface area (Å²) in [7, 11) is 0. The molecule has 0 atom stereocenters. The number of nitrogens with one attached hydrogen (secondary N) is 1. The van der Waals surface area contributed by atoms with Gasteiger partial charge in [-0.25, -0.2) is 9.97 Å². The third-order valence-corrected chi connectivity index (χ3v) is 5.19. The Kier molecular flexibility index (Phi) is 6.51. The molecule has 0 spiro atoms. The number of hydrogen-bond donors (Lipinski definition) is 2. The minimum absolute atomic E-state index is 0.0266. The highest BCUT2D eigenvalue weighted by molar-refractivity contribution is 5.95. The van der Waals surface area contributed by atoms with Gasteiger partial charge in [0.25, 0.3) is 0 Å². The van der Waals surface area contributed by atoms with Crippen LogP contribution in [0.5, 0.6) is 5.75 Å². The maximum absolute atomic E-state index is 11.4. The molecule has 0 aliphatic carbocycles. The maximum atomic E-state index is 11.4. The molecule has 164 valence electrons. The van der Waals surface area contributed by atoms with E-state index < -0.39 is 0 Å². The van der Waals surface area contributed by atoms with Gasteiger partial charge in [0.05, 0.1) is 17.7 Å². The molecular formula is C27H24N4O2. The second-order valence-corrected chi connectivity index (χ2v) is 7.50. The van der Waals surface area contributed by atoms with Gasteiger partial charge >= 0.3 is 0 Å². The lowest BCUT2D eigenvalue weighted by Crippen LogP contribution is -2.22. The normalized spacial score (nSPS) is 10.4. The lowest BCUT2D eigenvalue weighted by Gasteiger charge is -2.26. The van der Waals surface area contributed by atoms with Crippen molar-refractivity contribution in [2.45, 2.75) is 20.3 Å². The van der Waals surface area contributed by atoms with Crippen LogP contribution in [-0.4, -0.2) is 27.5 Å². The van der Waals surface area contributed by atoms with Crippen LogP contribution >= 0.6 is 0 Å². The van der Waals surface area contributed by atoms with E-state index >= 15 is 0 Å². The Labute approximate surface area is 192 Å². The number of fused-ring (bicyclic) bond motifs is 1. The average molecular weight is 437 g/mol. The quantitative estimate of drug-likeness (QED) is 0.431. The molecule has 0 saturated carbocycles. The van der Waals surface area contributed by atoms with Crippen LogP contribution in [0.2, 0.25) is 0 Å². The molecule has 4 rings (SSSR count). The molecule has 6 nitrogen and oxygen atoms in total. The fourth-order valence-electron chi connectivity index (χ4n) is 3.56. The van der Waals surface area contributed by atoms with E-state index in [-0.39, 0.29) is 11.7 Å². The number of aromatic nitrogens is 2. The van der Waals surface area contributed by atoms with E-state index in [1.54, 1.807) is 18.5 Å². The predicted octanol–water partition coefficient (Wildman–Crippen LogP) is 4.99. The van der Waals surface area contributed by atoms with Crippen molar-refractivity contribution in [2.24, 2.45) is 0 Å². The first-order valence-electron chi connectivity index (χ1n) is 10.7. The molecule has 1 amide bonds. The lowest BCUT2D eigenvalue weighted by molar-refractivity contribution is -0.120. The van der Waals surface area contributed by atoms with Crippen LogP contribution in [0.1, 0.15) is 24.5 Å². The number of aromatic hydroxyl groups is 1. The molecule has 0 aliphatic rings. The molecule has 2 N–H and O–H groups in total. The topological polar surface area (TPSA) is 78.4 Å². The zero-order chi connectivity index (χ0) is 23.2. The van der Waals surface area contributed by atoms with Crippen molar-refractivity contribution in [3.8, 4) is 17.6 Å². The number of aryl methyl sites for hydroxylation is 1. The summed E-state index contributed by atoms with van der Waals surface area (Å²) in [5.74, 6) is 7.00. The highest BCUT2D eigenvalue weighted by atomic mass is 16.3. The number of amides is 1. The lowest BCUT2D eigenvalue weighted by atomic mass is 10.1. The molecule has 33 heavy (non-hydrogen) atoms. The number of phenols is 1. The summed E-state index contributed by atoms with van der Waals surface area (Å²) in [6, 6.07) is 21.0. The standard InChI is InChI=1S/C27H24N4O2/c1-3-26(33)28-15-7-8-20-11-13-24-23(17-20)27(30-18-29-24)31(21-9-5-4-6-10-21)25-14-12-22(32)16-19(25)2/h4-6,9-14,16-18,32H,3,15H2,1-2H3,(H,28,33). The highest BCUT2D eigenvalue weighted by Gasteiger charge is 2.19. The van der Waals surface area contributed by atoms with Crippen molar-refractivity contribution in [2.75, 3.05) is 11.4 Å². The number of nitrogens with zero attached hydrogens (tertiary/aromatic N) is 3. The van der Waals surface area contributed by atoms with Gasteiger partial charge in [-0.3, -0.25) is 9.69 Å². The Morgan fingerprint density at radius 2 is 1.88 bits per heavy atom. The zero-order valence-corrected chi connectivity index (χ0v) is 18.5. The molecule has 4 aromatic rings. The third kappa shape index (κ3) is 4.94. The second-order valence-electron chi connectivity index (χ2n) is 7.50. The summed E-state index contributed by atoms with van der Waals surface area (Å²) in [5.41, 5.74) is 4.35. The SMILES string of the molecule is CCC(=O)NCC#Cc1ccc2ncnc(N(c3ccccc3)c3ccc(O)cc3C)c2c1. The molecule has 1 heterocycles. The summed E-state index contributed by atoms with van der Waals surface area (Å²) in [6.45, 7) is 4.06. The van der Waals surface area contributed by atoms with Crippen LogP contribution in [-0.2, 0) is 4.79 Å². The van der Waals surface area contributed by atoms with E-state index in [0.717, 1.165) is 33.4 Å². The molecule has 0 radical (unpaired) electrons. The van der Waals surface area contributed by atoms with Crippen molar-refractivity contribution in [3.63, 3.8) is 0 Å². The van der Waals surface area contributed by atoms with Gasteiger partial charge in [-0.15, -0.1) is 0 Å².